The van der Waals surface area contributed by atoms with E-state index in [1.165, 1.54) is 6.33 Å². The van der Waals surface area contributed by atoms with Crippen molar-refractivity contribution in [2.75, 3.05) is 0 Å². The minimum atomic E-state index is 0.292. The second-order valence-corrected chi connectivity index (χ2v) is 3.92. The largest absolute Gasteiger partial charge is 0.594 e. The number of aromatic nitrogens is 5. The fourth-order valence-electron chi connectivity index (χ4n) is 1.46. The van der Waals surface area contributed by atoms with Crippen LogP contribution in [0.1, 0.15) is 0 Å². The van der Waals surface area contributed by atoms with Crippen LogP contribution in [-0.4, -0.2) is 19.7 Å². The summed E-state index contributed by atoms with van der Waals surface area (Å²) in [6.45, 7) is 0. The van der Waals surface area contributed by atoms with Gasteiger partial charge in [-0.1, -0.05) is 15.9 Å². The molecule has 0 bridgehead atoms. The van der Waals surface area contributed by atoms with E-state index in [-0.39, 0.29) is 0 Å². The van der Waals surface area contributed by atoms with Crippen molar-refractivity contribution in [3.05, 3.63) is 34.2 Å². The summed E-state index contributed by atoms with van der Waals surface area (Å²) < 4.78 is 2.49. The highest BCUT2D eigenvalue weighted by molar-refractivity contribution is 9.10. The molecule has 0 unspecified atom stereocenters. The maximum Gasteiger partial charge on any atom is 0.321 e. The number of rotatable bonds is 0. The molecule has 7 heteroatoms. The molecule has 1 aromatic carbocycles. The standard InChI is InChI=1S/C8H4BrN5O/c9-5-1-2-6-7(3-5)14(15)12-8-11-10-4-13(6)8/h1-4H. The number of hydrogen-bond donors (Lipinski definition) is 0. The number of halogens is 1. The summed E-state index contributed by atoms with van der Waals surface area (Å²) in [5.74, 6) is 0.292. The van der Waals surface area contributed by atoms with Gasteiger partial charge in [0.2, 0.25) is 0 Å². The summed E-state index contributed by atoms with van der Waals surface area (Å²) in [4.78, 5) is 0.546. The Bertz CT molecular complexity index is 664. The molecule has 0 aliphatic rings. The van der Waals surface area contributed by atoms with Crippen molar-refractivity contribution < 1.29 is 4.85 Å². The molecule has 2 aromatic heterocycles. The molecule has 74 valence electrons. The summed E-state index contributed by atoms with van der Waals surface area (Å²) in [6.07, 6.45) is 1.53. The molecule has 6 nitrogen and oxygen atoms in total. The molecule has 0 amide bonds. The van der Waals surface area contributed by atoms with Gasteiger partial charge in [-0.15, -0.1) is 10.2 Å². The topological polar surface area (TPSA) is 70.0 Å². The monoisotopic (exact) mass is 265 g/mol. The highest BCUT2D eigenvalue weighted by atomic mass is 79.9. The Kier molecular flexibility index (Phi) is 1.63. The molecular formula is C8H4BrN5O. The lowest BCUT2D eigenvalue weighted by Gasteiger charge is -2.00. The van der Waals surface area contributed by atoms with Crippen LogP contribution in [0.3, 0.4) is 0 Å². The average molecular weight is 266 g/mol. The van der Waals surface area contributed by atoms with Crippen LogP contribution in [0.2, 0.25) is 0 Å². The lowest BCUT2D eigenvalue weighted by atomic mass is 10.3. The van der Waals surface area contributed by atoms with E-state index >= 15 is 0 Å². The third-order valence-corrected chi connectivity index (χ3v) is 2.61. The third-order valence-electron chi connectivity index (χ3n) is 2.11. The molecule has 0 atom stereocenters. The van der Waals surface area contributed by atoms with Gasteiger partial charge in [-0.2, -0.15) is 0 Å². The molecule has 0 saturated heterocycles. The minimum absolute atomic E-state index is 0.292. The van der Waals surface area contributed by atoms with Gasteiger partial charge in [0.15, 0.2) is 0 Å². The lowest BCUT2D eigenvalue weighted by molar-refractivity contribution is -0.640. The van der Waals surface area contributed by atoms with Crippen LogP contribution in [0.25, 0.3) is 16.8 Å². The summed E-state index contributed by atoms with van der Waals surface area (Å²) >= 11 is 3.30. The van der Waals surface area contributed by atoms with Crippen LogP contribution >= 0.6 is 15.9 Å². The summed E-state index contributed by atoms with van der Waals surface area (Å²) in [7, 11) is 0. The van der Waals surface area contributed by atoms with Gasteiger partial charge in [0, 0.05) is 10.5 Å². The highest BCUT2D eigenvalue weighted by Gasteiger charge is 2.12. The van der Waals surface area contributed by atoms with Gasteiger partial charge in [0.25, 0.3) is 5.52 Å². The van der Waals surface area contributed by atoms with Gasteiger partial charge in [0.1, 0.15) is 11.8 Å². The fraction of sp³-hybridized carbons (Fsp3) is 0. The van der Waals surface area contributed by atoms with Crippen molar-refractivity contribution in [3.8, 4) is 0 Å². The number of fused-ring (bicyclic) bond motifs is 3. The molecule has 2 heterocycles. The van der Waals surface area contributed by atoms with Gasteiger partial charge in [-0.05, 0) is 17.0 Å². The molecular weight excluding hydrogens is 262 g/mol. The first-order chi connectivity index (χ1) is 7.25. The summed E-state index contributed by atoms with van der Waals surface area (Å²) in [5.41, 5.74) is 1.19. The zero-order valence-corrected chi connectivity index (χ0v) is 8.92. The molecule has 0 aliphatic carbocycles. The van der Waals surface area contributed by atoms with Crippen LogP contribution in [0.4, 0.5) is 0 Å². The highest BCUT2D eigenvalue weighted by Crippen LogP contribution is 2.16. The summed E-state index contributed by atoms with van der Waals surface area (Å²) in [5, 5.41) is 22.7. The van der Waals surface area contributed by atoms with Crippen molar-refractivity contribution in [2.24, 2.45) is 0 Å². The van der Waals surface area contributed by atoms with Crippen LogP contribution < -0.4 is 4.85 Å². The van der Waals surface area contributed by atoms with E-state index in [0.717, 1.165) is 9.99 Å². The van der Waals surface area contributed by atoms with Crippen LogP contribution in [0.15, 0.2) is 29.0 Å². The van der Waals surface area contributed by atoms with Crippen LogP contribution in [0, 0.1) is 5.21 Å². The third kappa shape index (κ3) is 1.16. The first-order valence-corrected chi connectivity index (χ1v) is 4.94. The van der Waals surface area contributed by atoms with E-state index < -0.39 is 0 Å². The number of nitrogens with zero attached hydrogens (tertiary/aromatic N) is 5. The molecule has 3 aromatic rings. The Morgan fingerprint density at radius 3 is 3.13 bits per heavy atom. The van der Waals surface area contributed by atoms with Crippen LogP contribution in [-0.2, 0) is 0 Å². The quantitative estimate of drug-likeness (QED) is 0.443. The van der Waals surface area contributed by atoms with E-state index in [9.17, 15) is 5.21 Å². The maximum atomic E-state index is 11.5. The predicted molar refractivity (Wildman–Crippen MR) is 54.9 cm³/mol. The molecule has 0 radical (unpaired) electrons. The SMILES string of the molecule is [O-][n+]1nc2nncn2c2ccc(Br)cc21. The van der Waals surface area contributed by atoms with E-state index in [4.69, 9.17) is 0 Å². The van der Waals surface area contributed by atoms with E-state index in [0.29, 0.717) is 16.1 Å². The Morgan fingerprint density at radius 2 is 2.27 bits per heavy atom. The predicted octanol–water partition coefficient (Wildman–Crippen LogP) is 0.673. The van der Waals surface area contributed by atoms with Gasteiger partial charge < -0.3 is 5.21 Å². The Labute approximate surface area is 91.9 Å². The Hall–Kier alpha value is -1.76. The van der Waals surface area contributed by atoms with Gasteiger partial charge >= 0.3 is 5.78 Å². The smallest absolute Gasteiger partial charge is 0.321 e. The molecule has 0 aliphatic heterocycles. The zero-order valence-electron chi connectivity index (χ0n) is 7.33. The summed E-state index contributed by atoms with van der Waals surface area (Å²) in [6, 6.07) is 5.36. The second-order valence-electron chi connectivity index (χ2n) is 3.01. The average Bonchev–Trinajstić information content (AvgIpc) is 2.66. The molecule has 0 spiro atoms. The molecule has 15 heavy (non-hydrogen) atoms. The van der Waals surface area contributed by atoms with E-state index in [1.807, 2.05) is 12.1 Å². The van der Waals surface area contributed by atoms with E-state index in [2.05, 4.69) is 31.2 Å². The molecule has 0 N–H and O–H groups in total. The van der Waals surface area contributed by atoms with Crippen molar-refractivity contribution in [2.45, 2.75) is 0 Å². The first kappa shape index (κ1) is 8.54. The Morgan fingerprint density at radius 1 is 1.40 bits per heavy atom. The van der Waals surface area contributed by atoms with Crippen molar-refractivity contribution >= 4 is 32.7 Å². The molecule has 0 fully saturated rings. The zero-order chi connectivity index (χ0) is 10.4. The van der Waals surface area contributed by atoms with E-state index in [1.54, 1.807) is 10.5 Å². The number of hydrogen-bond acceptors (Lipinski definition) is 4. The van der Waals surface area contributed by atoms with Gasteiger partial charge in [-0.3, -0.25) is 4.40 Å². The normalized spacial score (nSPS) is 11.3. The molecule has 0 saturated carbocycles. The van der Waals surface area contributed by atoms with Crippen molar-refractivity contribution in [3.63, 3.8) is 0 Å². The first-order valence-electron chi connectivity index (χ1n) is 4.14. The van der Waals surface area contributed by atoms with Crippen molar-refractivity contribution in [1.82, 2.24) is 19.7 Å². The van der Waals surface area contributed by atoms with Gasteiger partial charge in [-0.25, -0.2) is 0 Å². The maximum absolute atomic E-state index is 11.5. The van der Waals surface area contributed by atoms with Gasteiger partial charge in [0.05, 0.1) is 5.10 Å². The lowest BCUT2D eigenvalue weighted by Crippen LogP contribution is -2.33. The fourth-order valence-corrected chi connectivity index (χ4v) is 1.80. The Balaban J connectivity index is 2.61. The van der Waals surface area contributed by atoms with Crippen molar-refractivity contribution in [1.29, 1.82) is 0 Å². The second kappa shape index (κ2) is 2.86. The molecule has 3 rings (SSSR count). The van der Waals surface area contributed by atoms with Crippen LogP contribution in [0.5, 0.6) is 0 Å². The number of benzene rings is 1. The minimum Gasteiger partial charge on any atom is -0.594 e.